The van der Waals surface area contributed by atoms with Crippen molar-refractivity contribution >= 4 is 0 Å². The zero-order valence-corrected chi connectivity index (χ0v) is 7.62. The van der Waals surface area contributed by atoms with Crippen LogP contribution in [0.25, 0.3) is 0 Å². The van der Waals surface area contributed by atoms with E-state index in [1.54, 1.807) is 12.3 Å². The zero-order chi connectivity index (χ0) is 9.31. The van der Waals surface area contributed by atoms with Gasteiger partial charge in [-0.25, -0.2) is 9.97 Å². The van der Waals surface area contributed by atoms with Crippen molar-refractivity contribution in [3.63, 3.8) is 0 Å². The van der Waals surface area contributed by atoms with Gasteiger partial charge in [-0.3, -0.25) is 0 Å². The summed E-state index contributed by atoms with van der Waals surface area (Å²) in [5.41, 5.74) is -0.0572. The number of β-amino-alcohol motifs (C(OH)–C–C–N with tert-alkyl or cyclic N) is 1. The molecule has 1 fully saturated rings. The van der Waals surface area contributed by atoms with Gasteiger partial charge in [-0.2, -0.15) is 0 Å². The van der Waals surface area contributed by atoms with Crippen molar-refractivity contribution in [2.75, 3.05) is 13.1 Å². The fourth-order valence-electron chi connectivity index (χ4n) is 1.61. The molecule has 1 aliphatic rings. The van der Waals surface area contributed by atoms with Crippen molar-refractivity contribution in [3.8, 4) is 0 Å². The largest absolute Gasteiger partial charge is 0.382 e. The first-order chi connectivity index (χ1) is 6.21. The molecule has 0 bridgehead atoms. The highest BCUT2D eigenvalue weighted by Gasteiger charge is 2.34. The van der Waals surface area contributed by atoms with E-state index in [0.717, 1.165) is 18.7 Å². The first-order valence-electron chi connectivity index (χ1n) is 4.44. The summed E-state index contributed by atoms with van der Waals surface area (Å²) in [6, 6.07) is 1.78. The highest BCUT2D eigenvalue weighted by atomic mass is 16.3. The van der Waals surface area contributed by atoms with E-state index >= 15 is 0 Å². The van der Waals surface area contributed by atoms with Crippen LogP contribution in [0.5, 0.6) is 0 Å². The van der Waals surface area contributed by atoms with Gasteiger partial charge in [0.2, 0.25) is 0 Å². The number of aryl methyl sites for hydroxylation is 1. The van der Waals surface area contributed by atoms with Crippen LogP contribution in [0.15, 0.2) is 12.3 Å². The number of rotatable bonds is 1. The topological polar surface area (TPSA) is 58.0 Å². The van der Waals surface area contributed by atoms with E-state index in [1.807, 2.05) is 6.92 Å². The smallest absolute Gasteiger partial charge is 0.125 e. The Bertz CT molecular complexity index is 307. The summed E-state index contributed by atoms with van der Waals surface area (Å²) in [4.78, 5) is 8.23. The van der Waals surface area contributed by atoms with Crippen LogP contribution >= 0.6 is 0 Å². The molecule has 1 aromatic heterocycles. The molecule has 4 nitrogen and oxygen atoms in total. The normalized spacial score (nSPS) is 27.8. The molecule has 0 saturated carbocycles. The van der Waals surface area contributed by atoms with Gasteiger partial charge in [-0.05, 0) is 26.0 Å². The Morgan fingerprint density at radius 2 is 2.46 bits per heavy atom. The van der Waals surface area contributed by atoms with Gasteiger partial charge < -0.3 is 10.4 Å². The van der Waals surface area contributed by atoms with Crippen molar-refractivity contribution in [2.24, 2.45) is 0 Å². The van der Waals surface area contributed by atoms with Crippen LogP contribution in [0.2, 0.25) is 0 Å². The Balaban J connectivity index is 2.33. The minimum absolute atomic E-state index is 0.587. The van der Waals surface area contributed by atoms with E-state index in [4.69, 9.17) is 0 Å². The Morgan fingerprint density at radius 3 is 3.08 bits per heavy atom. The Labute approximate surface area is 77.0 Å². The molecule has 0 aliphatic carbocycles. The van der Waals surface area contributed by atoms with Gasteiger partial charge >= 0.3 is 0 Å². The fraction of sp³-hybridized carbons (Fsp3) is 0.556. The summed E-state index contributed by atoms with van der Waals surface area (Å²) in [6.07, 6.45) is 2.41. The molecular formula is C9H13N3O. The van der Waals surface area contributed by atoms with E-state index < -0.39 is 5.60 Å². The van der Waals surface area contributed by atoms with Crippen molar-refractivity contribution < 1.29 is 5.11 Å². The molecule has 2 N–H and O–H groups in total. The standard InChI is InChI=1S/C9H13N3O/c1-7-11-4-2-8(12-7)9(13)3-5-10-6-9/h2,4,10,13H,3,5-6H2,1H3/t9-/m1/s1. The first-order valence-corrected chi connectivity index (χ1v) is 4.44. The molecule has 1 aliphatic heterocycles. The molecule has 2 heterocycles. The third-order valence-electron chi connectivity index (χ3n) is 2.39. The monoisotopic (exact) mass is 179 g/mol. The van der Waals surface area contributed by atoms with Gasteiger partial charge in [0.15, 0.2) is 0 Å². The Morgan fingerprint density at radius 1 is 1.62 bits per heavy atom. The second-order valence-electron chi connectivity index (χ2n) is 3.45. The number of aromatic nitrogens is 2. The van der Waals surface area contributed by atoms with Gasteiger partial charge in [0.1, 0.15) is 11.4 Å². The zero-order valence-electron chi connectivity index (χ0n) is 7.62. The van der Waals surface area contributed by atoms with Crippen LogP contribution in [-0.2, 0) is 5.60 Å². The molecule has 70 valence electrons. The minimum Gasteiger partial charge on any atom is -0.382 e. The van der Waals surface area contributed by atoms with Crippen LogP contribution < -0.4 is 5.32 Å². The number of nitrogens with one attached hydrogen (secondary N) is 1. The molecule has 2 rings (SSSR count). The molecular weight excluding hydrogens is 166 g/mol. The Hall–Kier alpha value is -1.00. The predicted molar refractivity (Wildman–Crippen MR) is 48.2 cm³/mol. The van der Waals surface area contributed by atoms with Crippen molar-refractivity contribution in [3.05, 3.63) is 23.8 Å². The summed E-state index contributed by atoms with van der Waals surface area (Å²) in [5, 5.41) is 13.3. The van der Waals surface area contributed by atoms with Crippen LogP contribution in [0, 0.1) is 6.92 Å². The molecule has 1 atom stereocenters. The maximum Gasteiger partial charge on any atom is 0.125 e. The number of hydrogen-bond donors (Lipinski definition) is 2. The lowest BCUT2D eigenvalue weighted by Crippen LogP contribution is -2.29. The molecule has 1 saturated heterocycles. The van der Waals surface area contributed by atoms with Gasteiger partial charge in [0.05, 0.1) is 5.69 Å². The van der Waals surface area contributed by atoms with Gasteiger partial charge in [0, 0.05) is 12.7 Å². The summed E-state index contributed by atoms with van der Waals surface area (Å²) in [7, 11) is 0. The first kappa shape index (κ1) is 8.59. The molecule has 0 amide bonds. The summed E-state index contributed by atoms with van der Waals surface area (Å²) >= 11 is 0. The third-order valence-corrected chi connectivity index (χ3v) is 2.39. The molecule has 1 aromatic rings. The molecule has 0 aromatic carbocycles. The van der Waals surface area contributed by atoms with E-state index in [9.17, 15) is 5.11 Å². The van der Waals surface area contributed by atoms with Crippen LogP contribution in [-0.4, -0.2) is 28.2 Å². The van der Waals surface area contributed by atoms with E-state index in [2.05, 4.69) is 15.3 Å². The second kappa shape index (κ2) is 3.05. The average molecular weight is 179 g/mol. The highest BCUT2D eigenvalue weighted by molar-refractivity contribution is 5.14. The molecule has 0 unspecified atom stereocenters. The number of aliphatic hydroxyl groups is 1. The number of hydrogen-bond acceptors (Lipinski definition) is 4. The molecule has 0 spiro atoms. The average Bonchev–Trinajstić information content (AvgIpc) is 2.54. The highest BCUT2D eigenvalue weighted by Crippen LogP contribution is 2.25. The SMILES string of the molecule is Cc1nccc([C@@]2(O)CCNC2)n1. The maximum absolute atomic E-state index is 10.1. The minimum atomic E-state index is -0.784. The van der Waals surface area contributed by atoms with E-state index in [0.29, 0.717) is 12.4 Å². The van der Waals surface area contributed by atoms with Crippen LogP contribution in [0.3, 0.4) is 0 Å². The number of nitrogens with zero attached hydrogens (tertiary/aromatic N) is 2. The van der Waals surface area contributed by atoms with Crippen molar-refractivity contribution in [1.82, 2.24) is 15.3 Å². The second-order valence-corrected chi connectivity index (χ2v) is 3.45. The lowest BCUT2D eigenvalue weighted by atomic mass is 9.99. The van der Waals surface area contributed by atoms with Crippen LogP contribution in [0.4, 0.5) is 0 Å². The van der Waals surface area contributed by atoms with Gasteiger partial charge in [-0.15, -0.1) is 0 Å². The third kappa shape index (κ3) is 1.55. The summed E-state index contributed by atoms with van der Waals surface area (Å²) < 4.78 is 0. The van der Waals surface area contributed by atoms with Crippen molar-refractivity contribution in [1.29, 1.82) is 0 Å². The lowest BCUT2D eigenvalue weighted by Gasteiger charge is -2.20. The quantitative estimate of drug-likeness (QED) is 0.635. The van der Waals surface area contributed by atoms with E-state index in [-0.39, 0.29) is 0 Å². The predicted octanol–water partition coefficient (Wildman–Crippen LogP) is -0.0341. The van der Waals surface area contributed by atoms with Crippen molar-refractivity contribution in [2.45, 2.75) is 18.9 Å². The molecule has 0 radical (unpaired) electrons. The molecule has 4 heteroatoms. The summed E-state index contributed by atoms with van der Waals surface area (Å²) in [6.45, 7) is 3.26. The summed E-state index contributed by atoms with van der Waals surface area (Å²) in [5.74, 6) is 0.706. The molecule has 13 heavy (non-hydrogen) atoms. The Kier molecular flexibility index (Phi) is 2.01. The van der Waals surface area contributed by atoms with E-state index in [1.165, 1.54) is 0 Å². The lowest BCUT2D eigenvalue weighted by molar-refractivity contribution is 0.0538. The maximum atomic E-state index is 10.1. The van der Waals surface area contributed by atoms with Gasteiger partial charge in [0.25, 0.3) is 0 Å². The van der Waals surface area contributed by atoms with Crippen LogP contribution in [0.1, 0.15) is 17.9 Å². The fourth-order valence-corrected chi connectivity index (χ4v) is 1.61. The van der Waals surface area contributed by atoms with Gasteiger partial charge in [-0.1, -0.05) is 0 Å².